The van der Waals surface area contributed by atoms with Crippen molar-refractivity contribution in [2.45, 2.75) is 25.8 Å². The lowest BCUT2D eigenvalue weighted by Crippen LogP contribution is -2.43. The minimum atomic E-state index is -0.532. The van der Waals surface area contributed by atoms with E-state index < -0.39 is 6.61 Å². The number of nitrogens with zero attached hydrogens (tertiary/aromatic N) is 6. The average Bonchev–Trinajstić information content (AvgIpc) is 3.32. The molecule has 2 N–H and O–H groups in total. The van der Waals surface area contributed by atoms with E-state index in [0.717, 1.165) is 29.5 Å². The summed E-state index contributed by atoms with van der Waals surface area (Å²) in [6.45, 7) is 2.42. The van der Waals surface area contributed by atoms with Crippen molar-refractivity contribution in [3.05, 3.63) is 46.8 Å². The summed E-state index contributed by atoms with van der Waals surface area (Å²) in [6, 6.07) is 3.77. The number of aromatic amines is 1. The summed E-state index contributed by atoms with van der Waals surface area (Å²) in [5.74, 6) is 0.152. The summed E-state index contributed by atoms with van der Waals surface area (Å²) >= 11 is 0. The van der Waals surface area contributed by atoms with Crippen molar-refractivity contribution in [2.24, 2.45) is 0 Å². The molecule has 0 unspecified atom stereocenters. The molecule has 1 aliphatic rings. The molecule has 0 bridgehead atoms. The largest absolute Gasteiger partial charge is 0.387 e. The Kier molecular flexibility index (Phi) is 4.35. The van der Waals surface area contributed by atoms with Gasteiger partial charge in [0.25, 0.3) is 0 Å². The number of aryl methyl sites for hydroxylation is 1. The number of hydrogen-bond acceptors (Lipinski definition) is 6. The monoisotopic (exact) mass is 407 g/mol. The number of nitrogens with one attached hydrogen (secondary N) is 1. The lowest BCUT2D eigenvalue weighted by atomic mass is 10.1. The number of likely N-dealkylation sites (tertiary alicyclic amines) is 1. The van der Waals surface area contributed by atoms with Crippen LogP contribution in [0.1, 0.15) is 24.4 Å². The fraction of sp³-hybridized carbons (Fsp3) is 0.350. The molecular formula is C20H21N7O3. The van der Waals surface area contributed by atoms with Crippen molar-refractivity contribution in [1.29, 1.82) is 0 Å². The van der Waals surface area contributed by atoms with Crippen LogP contribution in [0.3, 0.4) is 0 Å². The van der Waals surface area contributed by atoms with Gasteiger partial charge in [0, 0.05) is 19.3 Å². The summed E-state index contributed by atoms with van der Waals surface area (Å²) in [6.07, 6.45) is 6.70. The zero-order valence-corrected chi connectivity index (χ0v) is 16.4. The average molecular weight is 407 g/mol. The van der Waals surface area contributed by atoms with Crippen molar-refractivity contribution >= 4 is 22.6 Å². The molecule has 10 nitrogen and oxygen atoms in total. The highest BCUT2D eigenvalue weighted by Gasteiger charge is 2.27. The molecule has 10 heteroatoms. The molecule has 5 rings (SSSR count). The van der Waals surface area contributed by atoms with E-state index in [-0.39, 0.29) is 17.6 Å². The van der Waals surface area contributed by atoms with Crippen molar-refractivity contribution in [1.82, 2.24) is 34.0 Å². The Balaban J connectivity index is 1.60. The van der Waals surface area contributed by atoms with E-state index in [4.69, 9.17) is 4.98 Å². The number of piperidine rings is 1. The first-order valence-corrected chi connectivity index (χ1v) is 9.85. The van der Waals surface area contributed by atoms with Crippen LogP contribution in [-0.2, 0) is 4.79 Å². The topological polar surface area (TPSA) is 121 Å². The van der Waals surface area contributed by atoms with Gasteiger partial charge in [-0.1, -0.05) is 0 Å². The van der Waals surface area contributed by atoms with Gasteiger partial charge < -0.3 is 15.0 Å². The second-order valence-corrected chi connectivity index (χ2v) is 7.62. The summed E-state index contributed by atoms with van der Waals surface area (Å²) in [5, 5.41) is 13.5. The SMILES string of the molecule is Cc1ccn2ncc(-c3ncc4[nH]c(=O)n([C@H]5CCCN(C(=O)CO)C5)c4n3)c2c1. The molecule has 1 amide bonds. The molecule has 4 aromatic heterocycles. The Morgan fingerprint density at radius 2 is 2.23 bits per heavy atom. The van der Waals surface area contributed by atoms with Crippen molar-refractivity contribution in [2.75, 3.05) is 19.7 Å². The fourth-order valence-electron chi connectivity index (χ4n) is 4.14. The summed E-state index contributed by atoms with van der Waals surface area (Å²) in [7, 11) is 0. The molecule has 0 saturated carbocycles. The maximum atomic E-state index is 12.7. The summed E-state index contributed by atoms with van der Waals surface area (Å²) < 4.78 is 3.37. The molecule has 0 aromatic carbocycles. The minimum absolute atomic E-state index is 0.218. The van der Waals surface area contributed by atoms with Crippen LogP contribution in [0.5, 0.6) is 0 Å². The van der Waals surface area contributed by atoms with Crippen molar-refractivity contribution < 1.29 is 9.90 Å². The fourth-order valence-corrected chi connectivity index (χ4v) is 4.14. The zero-order valence-electron chi connectivity index (χ0n) is 16.4. The Bertz CT molecular complexity index is 1320. The quantitative estimate of drug-likeness (QED) is 0.520. The number of aliphatic hydroxyl groups is 1. The summed E-state index contributed by atoms with van der Waals surface area (Å²) in [5.41, 5.74) is 3.52. The Hall–Kier alpha value is -3.53. The number of carbonyl (C=O) groups excluding carboxylic acids is 1. The first-order valence-electron chi connectivity index (χ1n) is 9.85. The van der Waals surface area contributed by atoms with E-state index in [1.54, 1.807) is 26.4 Å². The molecule has 0 aliphatic carbocycles. The van der Waals surface area contributed by atoms with Crippen LogP contribution in [0, 0.1) is 6.92 Å². The lowest BCUT2D eigenvalue weighted by Gasteiger charge is -2.32. The molecule has 0 spiro atoms. The van der Waals surface area contributed by atoms with E-state index >= 15 is 0 Å². The number of amides is 1. The third kappa shape index (κ3) is 2.96. The van der Waals surface area contributed by atoms with Crippen LogP contribution in [0.4, 0.5) is 0 Å². The van der Waals surface area contributed by atoms with Crippen LogP contribution < -0.4 is 5.69 Å². The van der Waals surface area contributed by atoms with Crippen molar-refractivity contribution in [3.8, 4) is 11.4 Å². The second-order valence-electron chi connectivity index (χ2n) is 7.62. The zero-order chi connectivity index (χ0) is 20.8. The van der Waals surface area contributed by atoms with Gasteiger partial charge in [0.2, 0.25) is 5.91 Å². The van der Waals surface area contributed by atoms with Gasteiger partial charge in [0.1, 0.15) is 12.1 Å². The van der Waals surface area contributed by atoms with Crippen LogP contribution >= 0.6 is 0 Å². The molecule has 4 aromatic rings. The van der Waals surface area contributed by atoms with Gasteiger partial charge in [-0.05, 0) is 37.5 Å². The van der Waals surface area contributed by atoms with Gasteiger partial charge in [0.15, 0.2) is 11.5 Å². The van der Waals surface area contributed by atoms with E-state index in [2.05, 4.69) is 15.1 Å². The standard InChI is InChI=1S/C20H21N7O3/c1-12-4-6-26-16(7-12)14(8-22-26)18-21-9-15-19(24-18)27(20(30)23-15)13-3-2-5-25(10-13)17(29)11-28/h4,6-9,13,28H,2-3,5,10-11H2,1H3,(H,23,30)/t13-/m0/s1. The molecule has 1 aliphatic heterocycles. The molecule has 30 heavy (non-hydrogen) atoms. The maximum Gasteiger partial charge on any atom is 0.328 e. The molecule has 5 heterocycles. The van der Waals surface area contributed by atoms with Crippen LogP contribution in [0.2, 0.25) is 0 Å². The van der Waals surface area contributed by atoms with Gasteiger partial charge >= 0.3 is 5.69 Å². The number of imidazole rings is 1. The van der Waals surface area contributed by atoms with Gasteiger partial charge in [0.05, 0.1) is 29.5 Å². The van der Waals surface area contributed by atoms with Gasteiger partial charge in [-0.3, -0.25) is 9.36 Å². The van der Waals surface area contributed by atoms with Crippen LogP contribution in [0.25, 0.3) is 28.1 Å². The minimum Gasteiger partial charge on any atom is -0.387 e. The van der Waals surface area contributed by atoms with E-state index in [1.165, 1.54) is 0 Å². The maximum absolute atomic E-state index is 12.7. The first-order chi connectivity index (χ1) is 14.5. The number of carbonyl (C=O) groups is 1. The van der Waals surface area contributed by atoms with E-state index in [1.807, 2.05) is 25.3 Å². The van der Waals surface area contributed by atoms with Gasteiger partial charge in [-0.15, -0.1) is 0 Å². The van der Waals surface area contributed by atoms with Crippen molar-refractivity contribution in [3.63, 3.8) is 0 Å². The van der Waals surface area contributed by atoms with E-state index in [9.17, 15) is 14.7 Å². The molecule has 0 radical (unpaired) electrons. The number of aromatic nitrogens is 6. The number of aliphatic hydroxyl groups excluding tert-OH is 1. The van der Waals surface area contributed by atoms with E-state index in [0.29, 0.717) is 30.1 Å². The molecule has 1 fully saturated rings. The Morgan fingerprint density at radius 3 is 3.07 bits per heavy atom. The highest BCUT2D eigenvalue weighted by atomic mass is 16.3. The highest BCUT2D eigenvalue weighted by molar-refractivity contribution is 5.80. The number of fused-ring (bicyclic) bond motifs is 2. The first kappa shape index (κ1) is 18.5. The molecule has 154 valence electrons. The number of hydrogen-bond donors (Lipinski definition) is 2. The van der Waals surface area contributed by atoms with Gasteiger partial charge in [-0.2, -0.15) is 5.10 Å². The number of H-pyrrole nitrogens is 1. The van der Waals surface area contributed by atoms with Gasteiger partial charge in [-0.25, -0.2) is 19.3 Å². The predicted molar refractivity (Wildman–Crippen MR) is 109 cm³/mol. The Morgan fingerprint density at radius 1 is 1.37 bits per heavy atom. The molecular weight excluding hydrogens is 386 g/mol. The number of pyridine rings is 1. The van der Waals surface area contributed by atoms with Crippen LogP contribution in [-0.4, -0.2) is 64.7 Å². The molecule has 1 atom stereocenters. The van der Waals surface area contributed by atoms with Crippen LogP contribution in [0.15, 0.2) is 35.5 Å². The highest BCUT2D eigenvalue weighted by Crippen LogP contribution is 2.26. The summed E-state index contributed by atoms with van der Waals surface area (Å²) in [4.78, 5) is 38.2. The molecule has 1 saturated heterocycles. The second kappa shape index (κ2) is 7.06. The smallest absolute Gasteiger partial charge is 0.328 e. The lowest BCUT2D eigenvalue weighted by molar-refractivity contribution is -0.135. The third-order valence-electron chi connectivity index (χ3n) is 5.62. The predicted octanol–water partition coefficient (Wildman–Crippen LogP) is 0.899. The normalized spacial score (nSPS) is 17.1. The Labute approximate surface area is 170 Å². The number of rotatable bonds is 3. The third-order valence-corrected chi connectivity index (χ3v) is 5.62.